The van der Waals surface area contributed by atoms with Crippen LogP contribution in [0, 0.1) is 11.6 Å². The van der Waals surface area contributed by atoms with Crippen LogP contribution in [0.5, 0.6) is 0 Å². The zero-order valence-electron chi connectivity index (χ0n) is 15.7. The normalized spacial score (nSPS) is 11.8. The summed E-state index contributed by atoms with van der Waals surface area (Å²) in [5.41, 5.74) is -0.835. The van der Waals surface area contributed by atoms with Gasteiger partial charge in [0.25, 0.3) is 5.91 Å². The fourth-order valence-corrected chi connectivity index (χ4v) is 2.90. The molecule has 0 aliphatic rings. The quantitative estimate of drug-likeness (QED) is 0.367. The Morgan fingerprint density at radius 2 is 1.97 bits per heavy atom. The summed E-state index contributed by atoms with van der Waals surface area (Å²) >= 11 is 0. The minimum atomic E-state index is -4.81. The van der Waals surface area contributed by atoms with Crippen LogP contribution in [0.3, 0.4) is 0 Å². The molecule has 8 nitrogen and oxygen atoms in total. The van der Waals surface area contributed by atoms with Gasteiger partial charge in [-0.05, 0) is 18.2 Å². The first-order chi connectivity index (χ1) is 15.1. The monoisotopic (exact) mass is 454 g/mol. The maximum absolute atomic E-state index is 14.2. The molecular formula is C19H11F5N4O4. The topological polar surface area (TPSA) is 98.7 Å². The molecule has 0 bridgehead atoms. The molecule has 0 aliphatic heterocycles. The summed E-state index contributed by atoms with van der Waals surface area (Å²) < 4.78 is 75.7. The largest absolute Gasteiger partial charge is 0.458 e. The lowest BCUT2D eigenvalue weighted by molar-refractivity contribution is -0.161. The van der Waals surface area contributed by atoms with Gasteiger partial charge in [-0.15, -0.1) is 0 Å². The molecule has 1 N–H and O–H groups in total. The molecule has 32 heavy (non-hydrogen) atoms. The number of halogens is 5. The van der Waals surface area contributed by atoms with Gasteiger partial charge in [-0.3, -0.25) is 4.79 Å². The summed E-state index contributed by atoms with van der Waals surface area (Å²) in [7, 11) is 0. The molecule has 0 radical (unpaired) electrons. The standard InChI is InChI=1S/C19H11F5N4O4/c20-13-5-11(18(30)31-8-19(22,23)24)15-10(14(13)21)4-9(32-15)6-26-17(29)12-7-27-28-3-1-2-25-16(12)28/h1-5,7H,6,8H2,(H,26,29). The van der Waals surface area contributed by atoms with E-state index in [1.54, 1.807) is 12.3 Å². The maximum atomic E-state index is 14.2. The molecule has 166 valence electrons. The Bertz CT molecular complexity index is 1340. The van der Waals surface area contributed by atoms with Crippen molar-refractivity contribution in [1.82, 2.24) is 19.9 Å². The number of benzene rings is 1. The fraction of sp³-hybridized carbons (Fsp3) is 0.158. The third kappa shape index (κ3) is 4.08. The molecule has 0 atom stereocenters. The molecular weight excluding hydrogens is 443 g/mol. The van der Waals surface area contributed by atoms with E-state index in [-0.39, 0.29) is 23.5 Å². The Morgan fingerprint density at radius 3 is 2.72 bits per heavy atom. The van der Waals surface area contributed by atoms with Crippen molar-refractivity contribution < 1.29 is 40.7 Å². The lowest BCUT2D eigenvalue weighted by atomic mass is 10.1. The molecule has 0 saturated carbocycles. The van der Waals surface area contributed by atoms with Crippen molar-refractivity contribution in [2.75, 3.05) is 6.61 Å². The Kier molecular flexibility index (Phi) is 5.24. The highest BCUT2D eigenvalue weighted by atomic mass is 19.4. The Hall–Kier alpha value is -4.03. The second-order valence-corrected chi connectivity index (χ2v) is 6.50. The molecule has 0 saturated heterocycles. The van der Waals surface area contributed by atoms with Gasteiger partial charge >= 0.3 is 12.1 Å². The number of amides is 1. The van der Waals surface area contributed by atoms with Gasteiger partial charge in [0.15, 0.2) is 29.5 Å². The molecule has 4 rings (SSSR count). The molecule has 4 aromatic rings. The second-order valence-electron chi connectivity index (χ2n) is 6.50. The van der Waals surface area contributed by atoms with Crippen LogP contribution in [0.2, 0.25) is 0 Å². The molecule has 3 heterocycles. The summed E-state index contributed by atoms with van der Waals surface area (Å²) in [6, 6.07) is 3.01. The highest BCUT2D eigenvalue weighted by molar-refractivity contribution is 6.02. The van der Waals surface area contributed by atoms with E-state index in [0.29, 0.717) is 6.07 Å². The molecule has 13 heteroatoms. The van der Waals surface area contributed by atoms with E-state index in [1.165, 1.54) is 16.9 Å². The fourth-order valence-electron chi connectivity index (χ4n) is 2.90. The van der Waals surface area contributed by atoms with Crippen LogP contribution in [-0.4, -0.2) is 39.3 Å². The van der Waals surface area contributed by atoms with E-state index in [9.17, 15) is 31.5 Å². The number of nitrogens with one attached hydrogen (secondary N) is 1. The Morgan fingerprint density at radius 1 is 1.19 bits per heavy atom. The predicted octanol–water partition coefficient (Wildman–Crippen LogP) is 3.40. The van der Waals surface area contributed by atoms with Crippen LogP contribution in [-0.2, 0) is 11.3 Å². The van der Waals surface area contributed by atoms with Crippen molar-refractivity contribution >= 4 is 28.5 Å². The van der Waals surface area contributed by atoms with Gasteiger partial charge in [0, 0.05) is 12.4 Å². The van der Waals surface area contributed by atoms with E-state index in [2.05, 4.69) is 20.1 Å². The minimum Gasteiger partial charge on any atom is -0.458 e. The number of fused-ring (bicyclic) bond motifs is 2. The van der Waals surface area contributed by atoms with Crippen molar-refractivity contribution in [3.8, 4) is 0 Å². The molecule has 0 fully saturated rings. The highest BCUT2D eigenvalue weighted by Gasteiger charge is 2.31. The molecule has 1 aromatic carbocycles. The summed E-state index contributed by atoms with van der Waals surface area (Å²) in [5.74, 6) is -5.10. The van der Waals surface area contributed by atoms with Crippen molar-refractivity contribution in [1.29, 1.82) is 0 Å². The third-order valence-electron chi connectivity index (χ3n) is 4.28. The summed E-state index contributed by atoms with van der Waals surface area (Å²) in [4.78, 5) is 28.4. The van der Waals surface area contributed by atoms with Gasteiger partial charge in [0.1, 0.15) is 16.9 Å². The number of esters is 1. The van der Waals surface area contributed by atoms with Crippen molar-refractivity contribution in [3.05, 3.63) is 65.3 Å². The van der Waals surface area contributed by atoms with Crippen LogP contribution in [0.15, 0.2) is 41.2 Å². The number of carbonyl (C=O) groups is 2. The maximum Gasteiger partial charge on any atom is 0.422 e. The molecule has 1 amide bonds. The van der Waals surface area contributed by atoms with Gasteiger partial charge in [-0.25, -0.2) is 23.1 Å². The van der Waals surface area contributed by atoms with Gasteiger partial charge in [-0.2, -0.15) is 18.3 Å². The average molecular weight is 454 g/mol. The molecule has 3 aromatic heterocycles. The van der Waals surface area contributed by atoms with Crippen molar-refractivity contribution in [2.24, 2.45) is 0 Å². The number of furan rings is 1. The van der Waals surface area contributed by atoms with Crippen LogP contribution < -0.4 is 5.32 Å². The number of ether oxygens (including phenoxy) is 1. The Balaban J connectivity index is 1.58. The summed E-state index contributed by atoms with van der Waals surface area (Å²) in [6.07, 6.45) is -0.488. The lowest BCUT2D eigenvalue weighted by Gasteiger charge is -2.08. The molecule has 0 aliphatic carbocycles. The third-order valence-corrected chi connectivity index (χ3v) is 4.28. The first-order valence-corrected chi connectivity index (χ1v) is 8.85. The lowest BCUT2D eigenvalue weighted by Crippen LogP contribution is -2.22. The first kappa shape index (κ1) is 21.2. The van der Waals surface area contributed by atoms with E-state index in [1.807, 2.05) is 0 Å². The second kappa shape index (κ2) is 7.90. The van der Waals surface area contributed by atoms with Gasteiger partial charge in [-0.1, -0.05) is 0 Å². The zero-order chi connectivity index (χ0) is 23.0. The van der Waals surface area contributed by atoms with Crippen LogP contribution in [0.1, 0.15) is 26.5 Å². The van der Waals surface area contributed by atoms with Gasteiger partial charge in [0.2, 0.25) is 0 Å². The number of alkyl halides is 3. The minimum absolute atomic E-state index is 0.0906. The van der Waals surface area contributed by atoms with Gasteiger partial charge in [0.05, 0.1) is 18.1 Å². The number of hydrogen-bond donors (Lipinski definition) is 1. The number of hydrogen-bond acceptors (Lipinski definition) is 6. The number of nitrogens with zero attached hydrogens (tertiary/aromatic N) is 3. The van der Waals surface area contributed by atoms with Crippen LogP contribution in [0.25, 0.3) is 16.6 Å². The number of carbonyl (C=O) groups excluding carboxylic acids is 2. The van der Waals surface area contributed by atoms with Crippen molar-refractivity contribution in [2.45, 2.75) is 12.7 Å². The van der Waals surface area contributed by atoms with E-state index in [4.69, 9.17) is 4.42 Å². The van der Waals surface area contributed by atoms with E-state index in [0.717, 1.165) is 6.07 Å². The molecule has 0 unspecified atom stereocenters. The zero-order valence-corrected chi connectivity index (χ0v) is 15.7. The number of aromatic nitrogens is 3. The average Bonchev–Trinajstić information content (AvgIpc) is 3.37. The first-order valence-electron chi connectivity index (χ1n) is 8.85. The van der Waals surface area contributed by atoms with Crippen molar-refractivity contribution in [3.63, 3.8) is 0 Å². The van der Waals surface area contributed by atoms with Crippen LogP contribution in [0.4, 0.5) is 22.0 Å². The summed E-state index contributed by atoms with van der Waals surface area (Å²) in [5, 5.41) is 5.94. The highest BCUT2D eigenvalue weighted by Crippen LogP contribution is 2.29. The predicted molar refractivity (Wildman–Crippen MR) is 96.6 cm³/mol. The van der Waals surface area contributed by atoms with E-state index < -0.39 is 52.8 Å². The van der Waals surface area contributed by atoms with Gasteiger partial charge < -0.3 is 14.5 Å². The summed E-state index contributed by atoms with van der Waals surface area (Å²) in [6.45, 7) is -2.22. The number of rotatable bonds is 5. The van der Waals surface area contributed by atoms with Crippen LogP contribution >= 0.6 is 0 Å². The SMILES string of the molecule is O=C(OCC(F)(F)F)c1cc(F)c(F)c2cc(CNC(=O)c3cnn4cccnc34)oc12. The van der Waals surface area contributed by atoms with E-state index >= 15 is 0 Å². The molecule has 0 spiro atoms. The smallest absolute Gasteiger partial charge is 0.422 e. The Labute approximate surface area is 174 Å².